The Kier molecular flexibility index (Phi) is 6.24. The summed E-state index contributed by atoms with van der Waals surface area (Å²) in [6, 6.07) is 1.95. The number of amides is 1. The van der Waals surface area contributed by atoms with E-state index >= 15 is 0 Å². The van der Waals surface area contributed by atoms with Crippen molar-refractivity contribution in [2.24, 2.45) is 0 Å². The zero-order valence-electron chi connectivity index (χ0n) is 17.7. The van der Waals surface area contributed by atoms with Crippen LogP contribution in [0.4, 0.5) is 16.4 Å². The molecule has 0 saturated carbocycles. The Morgan fingerprint density at radius 3 is 2.59 bits per heavy atom. The van der Waals surface area contributed by atoms with Crippen LogP contribution in [0.5, 0.6) is 5.88 Å². The van der Waals surface area contributed by atoms with Crippen molar-refractivity contribution in [2.75, 3.05) is 18.4 Å². The van der Waals surface area contributed by atoms with Crippen molar-refractivity contribution in [3.05, 3.63) is 24.2 Å². The number of hydrogen-bond acceptors (Lipinski definition) is 7. The fourth-order valence-corrected chi connectivity index (χ4v) is 2.95. The Morgan fingerprint density at radius 1 is 1.24 bits per heavy atom. The number of carbonyl (C=O) groups excluding carboxylic acids is 1. The first kappa shape index (κ1) is 20.9. The lowest BCUT2D eigenvalue weighted by atomic mass is 10.1. The summed E-state index contributed by atoms with van der Waals surface area (Å²) in [6.07, 6.45) is 4.36. The normalized spacial score (nSPS) is 15.4. The van der Waals surface area contributed by atoms with Crippen molar-refractivity contribution in [3.8, 4) is 5.88 Å². The molecule has 1 aliphatic heterocycles. The third-order valence-corrected chi connectivity index (χ3v) is 4.47. The number of hydrogen-bond donors (Lipinski definition) is 2. The van der Waals surface area contributed by atoms with E-state index in [-0.39, 0.29) is 12.2 Å². The molecule has 9 heteroatoms. The minimum Gasteiger partial charge on any atom is -0.473 e. The van der Waals surface area contributed by atoms with E-state index in [1.165, 1.54) is 0 Å². The molecular formula is C20H30N6O3. The smallest absolute Gasteiger partial charge is 0.410 e. The molecule has 0 aliphatic carbocycles. The van der Waals surface area contributed by atoms with Crippen molar-refractivity contribution < 1.29 is 14.3 Å². The van der Waals surface area contributed by atoms with Crippen LogP contribution in [-0.2, 0) is 4.74 Å². The molecule has 0 atom stereocenters. The predicted molar refractivity (Wildman–Crippen MR) is 109 cm³/mol. The van der Waals surface area contributed by atoms with E-state index in [9.17, 15) is 4.79 Å². The van der Waals surface area contributed by atoms with Gasteiger partial charge in [-0.25, -0.2) is 4.79 Å². The number of H-pyrrole nitrogens is 1. The number of likely N-dealkylation sites (tertiary alicyclic amines) is 1. The average molecular weight is 402 g/mol. The molecule has 1 aliphatic rings. The second-order valence-electron chi connectivity index (χ2n) is 8.52. The quantitative estimate of drug-likeness (QED) is 0.782. The van der Waals surface area contributed by atoms with Crippen molar-refractivity contribution in [1.29, 1.82) is 0 Å². The van der Waals surface area contributed by atoms with Crippen molar-refractivity contribution >= 4 is 17.7 Å². The van der Waals surface area contributed by atoms with Gasteiger partial charge in [0.15, 0.2) is 11.6 Å². The molecule has 0 radical (unpaired) electrons. The van der Waals surface area contributed by atoms with Crippen LogP contribution in [0.2, 0.25) is 0 Å². The third kappa shape index (κ3) is 6.07. The lowest BCUT2D eigenvalue weighted by molar-refractivity contribution is 0.0123. The molecule has 0 aromatic carbocycles. The van der Waals surface area contributed by atoms with Crippen LogP contribution in [0.25, 0.3) is 0 Å². The molecule has 0 unspecified atom stereocenters. The number of rotatable bonds is 5. The van der Waals surface area contributed by atoms with Gasteiger partial charge in [-0.1, -0.05) is 13.8 Å². The number of aromatic amines is 1. The van der Waals surface area contributed by atoms with Crippen LogP contribution in [0.1, 0.15) is 59.1 Å². The van der Waals surface area contributed by atoms with Crippen LogP contribution in [0, 0.1) is 0 Å². The molecule has 2 aromatic rings. The summed E-state index contributed by atoms with van der Waals surface area (Å²) in [6.45, 7) is 11.0. The minimum atomic E-state index is -0.488. The van der Waals surface area contributed by atoms with Gasteiger partial charge in [0.25, 0.3) is 0 Å². The molecule has 3 heterocycles. The minimum absolute atomic E-state index is 0.0174. The first-order chi connectivity index (χ1) is 13.7. The van der Waals surface area contributed by atoms with Crippen molar-refractivity contribution in [2.45, 2.75) is 65.1 Å². The van der Waals surface area contributed by atoms with Gasteiger partial charge in [-0.3, -0.25) is 10.1 Å². The van der Waals surface area contributed by atoms with Crippen LogP contribution < -0.4 is 10.1 Å². The van der Waals surface area contributed by atoms with Gasteiger partial charge in [0.2, 0.25) is 5.88 Å². The maximum absolute atomic E-state index is 12.2. The number of nitrogens with zero attached hydrogens (tertiary/aromatic N) is 4. The number of piperidine rings is 1. The first-order valence-corrected chi connectivity index (χ1v) is 9.98. The van der Waals surface area contributed by atoms with E-state index in [1.807, 2.05) is 26.8 Å². The highest BCUT2D eigenvalue weighted by Gasteiger charge is 2.27. The number of ether oxygens (including phenoxy) is 2. The highest BCUT2D eigenvalue weighted by molar-refractivity contribution is 5.68. The molecule has 29 heavy (non-hydrogen) atoms. The predicted octanol–water partition coefficient (Wildman–Crippen LogP) is 3.85. The maximum Gasteiger partial charge on any atom is 0.410 e. The largest absolute Gasteiger partial charge is 0.473 e. The molecule has 1 fully saturated rings. The van der Waals surface area contributed by atoms with Crippen LogP contribution in [0.3, 0.4) is 0 Å². The highest BCUT2D eigenvalue weighted by atomic mass is 16.6. The molecule has 9 nitrogen and oxygen atoms in total. The lowest BCUT2D eigenvalue weighted by Gasteiger charge is -2.33. The summed E-state index contributed by atoms with van der Waals surface area (Å²) in [7, 11) is 0. The molecule has 0 bridgehead atoms. The first-order valence-electron chi connectivity index (χ1n) is 9.98. The van der Waals surface area contributed by atoms with Crippen molar-refractivity contribution in [1.82, 2.24) is 25.1 Å². The van der Waals surface area contributed by atoms with Crippen molar-refractivity contribution in [3.63, 3.8) is 0 Å². The fourth-order valence-electron chi connectivity index (χ4n) is 2.95. The van der Waals surface area contributed by atoms with E-state index in [0.717, 1.165) is 18.5 Å². The summed E-state index contributed by atoms with van der Waals surface area (Å²) in [5.74, 6) is 2.07. The Hall–Kier alpha value is -2.84. The second-order valence-corrected chi connectivity index (χ2v) is 8.52. The molecule has 2 N–H and O–H groups in total. The maximum atomic E-state index is 12.2. The van der Waals surface area contributed by atoms with E-state index in [4.69, 9.17) is 9.47 Å². The summed E-state index contributed by atoms with van der Waals surface area (Å²) in [4.78, 5) is 22.5. The molecule has 3 rings (SSSR count). The monoisotopic (exact) mass is 402 g/mol. The third-order valence-electron chi connectivity index (χ3n) is 4.47. The summed E-state index contributed by atoms with van der Waals surface area (Å²) >= 11 is 0. The highest BCUT2D eigenvalue weighted by Crippen LogP contribution is 2.22. The topological polar surface area (TPSA) is 105 Å². The second kappa shape index (κ2) is 8.67. The van der Waals surface area contributed by atoms with Crippen LogP contribution >= 0.6 is 0 Å². The van der Waals surface area contributed by atoms with Crippen LogP contribution in [0.15, 0.2) is 18.5 Å². The van der Waals surface area contributed by atoms with Gasteiger partial charge >= 0.3 is 6.09 Å². The van der Waals surface area contributed by atoms with Gasteiger partial charge in [0.1, 0.15) is 11.7 Å². The van der Waals surface area contributed by atoms with E-state index in [0.29, 0.717) is 36.5 Å². The number of nitrogens with one attached hydrogen (secondary N) is 2. The summed E-state index contributed by atoms with van der Waals surface area (Å²) in [5.41, 5.74) is 0.558. The van der Waals surface area contributed by atoms with Gasteiger partial charge in [0.05, 0.1) is 12.4 Å². The average Bonchev–Trinajstić information content (AvgIpc) is 3.10. The molecule has 1 amide bonds. The number of carbonyl (C=O) groups is 1. The molecule has 2 aromatic heterocycles. The Balaban J connectivity index is 1.52. The van der Waals surface area contributed by atoms with Gasteiger partial charge in [-0.2, -0.15) is 10.1 Å². The lowest BCUT2D eigenvalue weighted by Crippen LogP contribution is -2.44. The SMILES string of the molecule is CC(C)c1cc(Nc2cncc(OC3CCN(C(=O)OC(C)(C)C)CC3)n2)n[nH]1. The zero-order chi connectivity index (χ0) is 21.0. The van der Waals surface area contributed by atoms with E-state index in [1.54, 1.807) is 17.3 Å². The summed E-state index contributed by atoms with van der Waals surface area (Å²) in [5, 5.41) is 10.4. The molecule has 158 valence electrons. The number of anilines is 2. The van der Waals surface area contributed by atoms with E-state index in [2.05, 4.69) is 39.3 Å². The molecule has 1 saturated heterocycles. The van der Waals surface area contributed by atoms with Gasteiger partial charge in [-0.15, -0.1) is 0 Å². The Bertz CT molecular complexity index is 822. The molecular weight excluding hydrogens is 372 g/mol. The fraction of sp³-hybridized carbons (Fsp3) is 0.600. The zero-order valence-corrected chi connectivity index (χ0v) is 17.7. The molecule has 0 spiro atoms. The van der Waals surface area contributed by atoms with Crippen LogP contribution in [-0.4, -0.2) is 56.0 Å². The summed E-state index contributed by atoms with van der Waals surface area (Å²) < 4.78 is 11.4. The van der Waals surface area contributed by atoms with Gasteiger partial charge < -0.3 is 19.7 Å². The van der Waals surface area contributed by atoms with Gasteiger partial charge in [-0.05, 0) is 26.7 Å². The standard InChI is InChI=1S/C20H30N6O3/c1-13(2)15-10-16(25-24-15)22-17-11-21-12-18(23-17)28-14-6-8-26(9-7-14)19(27)29-20(3,4)5/h10-14H,6-9H2,1-5H3,(H2,22,23,24,25). The Morgan fingerprint density at radius 2 is 1.97 bits per heavy atom. The Labute approximate surface area is 171 Å². The van der Waals surface area contributed by atoms with E-state index < -0.39 is 5.60 Å². The number of aromatic nitrogens is 4. The van der Waals surface area contributed by atoms with Gasteiger partial charge in [0, 0.05) is 37.7 Å².